The van der Waals surface area contributed by atoms with Gasteiger partial charge in [0.25, 0.3) is 0 Å². The van der Waals surface area contributed by atoms with Gasteiger partial charge < -0.3 is 5.32 Å². The average Bonchev–Trinajstić information content (AvgIpc) is 3.39. The molecule has 4 nitrogen and oxygen atoms in total. The normalized spacial score (nSPS) is 17.3. The highest BCUT2D eigenvalue weighted by molar-refractivity contribution is 7.10. The number of rotatable bonds is 6. The van der Waals surface area contributed by atoms with E-state index in [9.17, 15) is 4.79 Å². The highest BCUT2D eigenvalue weighted by atomic mass is 32.1. The summed E-state index contributed by atoms with van der Waals surface area (Å²) < 4.78 is 0. The van der Waals surface area contributed by atoms with E-state index < -0.39 is 0 Å². The molecule has 1 aliphatic rings. The largest absolute Gasteiger partial charge is 0.326 e. The van der Waals surface area contributed by atoms with Gasteiger partial charge in [0.15, 0.2) is 0 Å². The second-order valence-corrected chi connectivity index (χ2v) is 8.89. The predicted molar refractivity (Wildman–Crippen MR) is 112 cm³/mol. The molecule has 0 radical (unpaired) electrons. The van der Waals surface area contributed by atoms with Crippen molar-refractivity contribution in [3.05, 3.63) is 68.3 Å². The molecule has 3 heterocycles. The van der Waals surface area contributed by atoms with E-state index in [0.29, 0.717) is 12.5 Å². The maximum atomic E-state index is 12.3. The topological polar surface area (TPSA) is 45.2 Å². The number of benzene rings is 1. The lowest BCUT2D eigenvalue weighted by Crippen LogP contribution is -2.22. The van der Waals surface area contributed by atoms with Crippen molar-refractivity contribution >= 4 is 34.3 Å². The number of hydrogen-bond acceptors (Lipinski definition) is 5. The van der Waals surface area contributed by atoms with Crippen LogP contribution >= 0.6 is 22.7 Å². The number of nitrogens with one attached hydrogen (secondary N) is 1. The first-order chi connectivity index (χ1) is 13.2. The predicted octanol–water partition coefficient (Wildman–Crippen LogP) is 5.03. The Morgan fingerprint density at radius 1 is 1.26 bits per heavy atom. The Morgan fingerprint density at radius 2 is 2.11 bits per heavy atom. The Kier molecular flexibility index (Phi) is 5.66. The molecular weight excluding hydrogens is 374 g/mol. The van der Waals surface area contributed by atoms with Gasteiger partial charge in [-0.05, 0) is 49.9 Å². The zero-order valence-corrected chi connectivity index (χ0v) is 17.0. The summed E-state index contributed by atoms with van der Waals surface area (Å²) in [6.07, 6.45) is 2.78. The van der Waals surface area contributed by atoms with Gasteiger partial charge in [-0.3, -0.25) is 9.69 Å². The third-order valence-corrected chi connectivity index (χ3v) is 6.72. The number of nitrogens with zero attached hydrogens (tertiary/aromatic N) is 2. The minimum atomic E-state index is -0.0163. The molecule has 0 saturated carbocycles. The Hall–Kier alpha value is -2.02. The molecule has 1 fully saturated rings. The molecule has 1 saturated heterocycles. The molecule has 4 rings (SSSR count). The second-order valence-electron chi connectivity index (χ2n) is 6.97. The van der Waals surface area contributed by atoms with Gasteiger partial charge in [-0.25, -0.2) is 4.98 Å². The van der Waals surface area contributed by atoms with Crippen LogP contribution in [0.25, 0.3) is 0 Å². The molecule has 1 amide bonds. The highest BCUT2D eigenvalue weighted by Crippen LogP contribution is 2.35. The summed E-state index contributed by atoms with van der Waals surface area (Å²) in [5.41, 5.74) is 3.08. The maximum Gasteiger partial charge on any atom is 0.231 e. The molecule has 140 valence electrons. The van der Waals surface area contributed by atoms with Crippen molar-refractivity contribution in [3.8, 4) is 0 Å². The van der Waals surface area contributed by atoms with Crippen molar-refractivity contribution in [2.75, 3.05) is 11.9 Å². The van der Waals surface area contributed by atoms with Crippen molar-refractivity contribution in [2.24, 2.45) is 0 Å². The Bertz CT molecular complexity index is 887. The lowest BCUT2D eigenvalue weighted by atomic mass is 10.2. The van der Waals surface area contributed by atoms with Crippen LogP contribution in [0.1, 0.15) is 40.0 Å². The fourth-order valence-corrected chi connectivity index (χ4v) is 5.19. The molecule has 0 aliphatic carbocycles. The molecular formula is C21H23N3OS2. The molecule has 1 N–H and O–H groups in total. The fraction of sp³-hybridized carbons (Fsp3) is 0.333. The zero-order chi connectivity index (χ0) is 18.6. The first-order valence-electron chi connectivity index (χ1n) is 9.24. The van der Waals surface area contributed by atoms with Gasteiger partial charge in [0.05, 0.1) is 12.1 Å². The molecule has 0 unspecified atom stereocenters. The van der Waals surface area contributed by atoms with Gasteiger partial charge >= 0.3 is 0 Å². The number of thiophene rings is 1. The highest BCUT2D eigenvalue weighted by Gasteiger charge is 2.27. The van der Waals surface area contributed by atoms with Crippen LogP contribution in [0.15, 0.2) is 47.2 Å². The number of anilines is 1. The van der Waals surface area contributed by atoms with Gasteiger partial charge in [0.2, 0.25) is 5.91 Å². The number of aryl methyl sites for hydroxylation is 1. The molecule has 0 bridgehead atoms. The lowest BCUT2D eigenvalue weighted by molar-refractivity contribution is -0.115. The number of aromatic nitrogens is 1. The quantitative estimate of drug-likeness (QED) is 0.634. The third kappa shape index (κ3) is 4.64. The van der Waals surface area contributed by atoms with E-state index in [-0.39, 0.29) is 5.91 Å². The van der Waals surface area contributed by atoms with Crippen molar-refractivity contribution in [1.82, 2.24) is 9.88 Å². The van der Waals surface area contributed by atoms with Crippen LogP contribution in [-0.4, -0.2) is 22.3 Å². The number of amides is 1. The fourth-order valence-electron chi connectivity index (χ4n) is 3.51. The Balaban J connectivity index is 1.34. The molecule has 1 aliphatic heterocycles. The number of carbonyl (C=O) groups is 1. The first kappa shape index (κ1) is 18.3. The van der Waals surface area contributed by atoms with E-state index in [1.54, 1.807) is 11.3 Å². The van der Waals surface area contributed by atoms with Crippen LogP contribution in [0.4, 0.5) is 5.69 Å². The van der Waals surface area contributed by atoms with Crippen LogP contribution in [0.2, 0.25) is 0 Å². The molecule has 27 heavy (non-hydrogen) atoms. The number of hydrogen-bond donors (Lipinski definition) is 1. The van der Waals surface area contributed by atoms with Crippen LogP contribution < -0.4 is 5.32 Å². The summed E-state index contributed by atoms with van der Waals surface area (Å²) in [4.78, 5) is 20.9. The van der Waals surface area contributed by atoms with E-state index in [0.717, 1.165) is 29.5 Å². The van der Waals surface area contributed by atoms with Crippen LogP contribution in [0, 0.1) is 6.92 Å². The summed E-state index contributed by atoms with van der Waals surface area (Å²) in [5.74, 6) is -0.0163. The van der Waals surface area contributed by atoms with Crippen LogP contribution in [0.5, 0.6) is 0 Å². The summed E-state index contributed by atoms with van der Waals surface area (Å²) in [7, 11) is 0. The molecule has 3 aromatic rings. The number of likely N-dealkylation sites (tertiary alicyclic amines) is 1. The van der Waals surface area contributed by atoms with Gasteiger partial charge in [0, 0.05) is 28.5 Å². The molecule has 2 aromatic heterocycles. The summed E-state index contributed by atoms with van der Waals surface area (Å²) in [5, 5.41) is 8.07. The summed E-state index contributed by atoms with van der Waals surface area (Å²) in [6.45, 7) is 4.01. The number of carbonyl (C=O) groups excluding carboxylic acids is 1. The minimum absolute atomic E-state index is 0.0163. The van der Waals surface area contributed by atoms with Crippen molar-refractivity contribution < 1.29 is 4.79 Å². The molecule has 1 aromatic carbocycles. The van der Waals surface area contributed by atoms with Gasteiger partial charge in [-0.2, -0.15) is 0 Å². The number of thiazole rings is 1. The first-order valence-corrected chi connectivity index (χ1v) is 11.0. The van der Waals surface area contributed by atoms with Crippen LogP contribution in [0.3, 0.4) is 0 Å². The van der Waals surface area contributed by atoms with Crippen LogP contribution in [-0.2, 0) is 17.8 Å². The molecule has 0 spiro atoms. The SMILES string of the molecule is Cc1ccc(NC(=O)Cc2nc(CN3CCC[C@H]3c3cccs3)cs2)cc1. The Morgan fingerprint density at radius 3 is 2.89 bits per heavy atom. The minimum Gasteiger partial charge on any atom is -0.326 e. The van der Waals surface area contributed by atoms with E-state index in [1.165, 1.54) is 23.3 Å². The van der Waals surface area contributed by atoms with Crippen molar-refractivity contribution in [3.63, 3.8) is 0 Å². The maximum absolute atomic E-state index is 12.3. The van der Waals surface area contributed by atoms with Crippen molar-refractivity contribution in [1.29, 1.82) is 0 Å². The third-order valence-electron chi connectivity index (χ3n) is 4.85. The molecule has 6 heteroatoms. The standard InChI is InChI=1S/C21H23N3OS2/c1-15-6-8-16(9-7-15)22-20(25)12-21-23-17(14-27-21)13-24-10-2-4-18(24)19-5-3-11-26-19/h3,5-9,11,14,18H,2,4,10,12-13H2,1H3,(H,22,25)/t18-/m0/s1. The summed E-state index contributed by atoms with van der Waals surface area (Å²) in [6, 6.07) is 12.7. The van der Waals surface area contributed by atoms with Gasteiger partial charge in [0.1, 0.15) is 5.01 Å². The zero-order valence-electron chi connectivity index (χ0n) is 15.4. The smallest absolute Gasteiger partial charge is 0.231 e. The lowest BCUT2D eigenvalue weighted by Gasteiger charge is -2.22. The second kappa shape index (κ2) is 8.33. The van der Waals surface area contributed by atoms with E-state index in [4.69, 9.17) is 4.98 Å². The van der Waals surface area contributed by atoms with E-state index in [1.807, 2.05) is 42.5 Å². The monoisotopic (exact) mass is 397 g/mol. The Labute approximate surface area is 167 Å². The van der Waals surface area contributed by atoms with E-state index in [2.05, 4.69) is 33.1 Å². The van der Waals surface area contributed by atoms with Gasteiger partial charge in [-0.1, -0.05) is 23.8 Å². The van der Waals surface area contributed by atoms with Crippen molar-refractivity contribution in [2.45, 2.75) is 38.8 Å². The van der Waals surface area contributed by atoms with Gasteiger partial charge in [-0.15, -0.1) is 22.7 Å². The molecule has 1 atom stereocenters. The average molecular weight is 398 g/mol. The van der Waals surface area contributed by atoms with E-state index >= 15 is 0 Å². The summed E-state index contributed by atoms with van der Waals surface area (Å²) >= 11 is 3.41.